The molecule has 3 aromatic rings. The van der Waals surface area contributed by atoms with Crippen molar-refractivity contribution >= 4 is 48.9 Å². The van der Waals surface area contributed by atoms with Crippen LogP contribution in [0.15, 0.2) is 45.7 Å². The summed E-state index contributed by atoms with van der Waals surface area (Å²) in [5, 5.41) is 10.5. The lowest BCUT2D eigenvalue weighted by Gasteiger charge is -2.19. The van der Waals surface area contributed by atoms with Gasteiger partial charge in [0.15, 0.2) is 11.6 Å². The Morgan fingerprint density at radius 3 is 2.62 bits per heavy atom. The van der Waals surface area contributed by atoms with E-state index in [1.165, 1.54) is 12.8 Å². The number of allylic oxidation sites excluding steroid dienone is 1. The van der Waals surface area contributed by atoms with E-state index in [4.69, 9.17) is 0 Å². The quantitative estimate of drug-likeness (QED) is 0.353. The second-order valence-corrected chi connectivity index (χ2v) is 12.2. The molecule has 0 atom stereocenters. The lowest BCUT2D eigenvalue weighted by molar-refractivity contribution is 0.492. The second kappa shape index (κ2) is 9.82. The highest BCUT2D eigenvalue weighted by Gasteiger charge is 2.26. The van der Waals surface area contributed by atoms with Gasteiger partial charge in [0, 0.05) is 29.4 Å². The molecule has 172 valence electrons. The molecule has 1 aliphatic rings. The Bertz CT molecular complexity index is 1190. The van der Waals surface area contributed by atoms with Crippen LogP contribution in [0.1, 0.15) is 52.1 Å². The van der Waals surface area contributed by atoms with Crippen LogP contribution in [-0.4, -0.2) is 34.1 Å². The number of H-pyrrole nitrogens is 1. The number of rotatable bonds is 6. The van der Waals surface area contributed by atoms with Gasteiger partial charge in [-0.3, -0.25) is 5.10 Å². The summed E-state index contributed by atoms with van der Waals surface area (Å²) in [6.45, 7) is 10.7. The fraction of sp³-hybridized carbons (Fsp3) is 0.381. The average molecular weight is 540 g/mol. The van der Waals surface area contributed by atoms with E-state index >= 15 is 0 Å². The van der Waals surface area contributed by atoms with E-state index in [1.54, 1.807) is 45.2 Å². The first-order valence-corrected chi connectivity index (χ1v) is 13.2. The minimum atomic E-state index is -3.60. The Balaban J connectivity index is 0.000000913. The van der Waals surface area contributed by atoms with Gasteiger partial charge in [0.05, 0.1) is 9.35 Å². The van der Waals surface area contributed by atoms with Crippen molar-refractivity contribution in [2.45, 2.75) is 56.2 Å². The van der Waals surface area contributed by atoms with Gasteiger partial charge in [-0.05, 0) is 68.6 Å². The van der Waals surface area contributed by atoms with Gasteiger partial charge in [-0.25, -0.2) is 23.1 Å². The number of anilines is 2. The third-order valence-electron chi connectivity index (χ3n) is 4.11. The molecule has 4 rings (SSSR count). The Hall–Kier alpha value is -2.08. The zero-order valence-electron chi connectivity index (χ0n) is 18.4. The Kier molecular flexibility index (Phi) is 7.53. The van der Waals surface area contributed by atoms with Crippen LogP contribution in [0.2, 0.25) is 0 Å². The molecule has 0 saturated heterocycles. The summed E-state index contributed by atoms with van der Waals surface area (Å²) in [6, 6.07) is 5.27. The number of aromatic amines is 1. The molecule has 32 heavy (non-hydrogen) atoms. The van der Waals surface area contributed by atoms with E-state index < -0.39 is 15.6 Å². The predicted molar refractivity (Wildman–Crippen MR) is 133 cm³/mol. The minimum Gasteiger partial charge on any atom is -0.322 e. The van der Waals surface area contributed by atoms with Gasteiger partial charge >= 0.3 is 0 Å². The van der Waals surface area contributed by atoms with Crippen LogP contribution < -0.4 is 10.0 Å². The van der Waals surface area contributed by atoms with Gasteiger partial charge in [-0.2, -0.15) is 5.10 Å². The normalized spacial score (nSPS) is 13.9. The number of halogens is 1. The molecule has 1 aliphatic carbocycles. The van der Waals surface area contributed by atoms with Crippen molar-refractivity contribution < 1.29 is 8.42 Å². The van der Waals surface area contributed by atoms with Crippen LogP contribution in [-0.2, 0) is 10.0 Å². The summed E-state index contributed by atoms with van der Waals surface area (Å²) in [6.07, 6.45) is 5.77. The number of hydrogen-bond donors (Lipinski definition) is 3. The molecule has 3 N–H and O–H groups in total. The first-order valence-electron chi connectivity index (χ1n) is 10.1. The summed E-state index contributed by atoms with van der Waals surface area (Å²) < 4.78 is 28.7. The molecule has 0 aromatic carbocycles. The van der Waals surface area contributed by atoms with Crippen LogP contribution in [0, 0.1) is 0 Å². The molecule has 1 fully saturated rings. The fourth-order valence-corrected chi connectivity index (χ4v) is 5.69. The molecule has 11 heteroatoms. The van der Waals surface area contributed by atoms with Crippen LogP contribution in [0.25, 0.3) is 10.7 Å². The first-order chi connectivity index (χ1) is 15.0. The van der Waals surface area contributed by atoms with Gasteiger partial charge in [-0.1, -0.05) is 6.08 Å². The molecule has 0 spiro atoms. The highest BCUT2D eigenvalue weighted by atomic mass is 79.9. The van der Waals surface area contributed by atoms with E-state index in [-0.39, 0.29) is 4.21 Å². The van der Waals surface area contributed by atoms with Gasteiger partial charge in [0.2, 0.25) is 0 Å². The molecular formula is C21H27BrN6O2S2. The topological polar surface area (TPSA) is 113 Å². The van der Waals surface area contributed by atoms with Crippen molar-refractivity contribution in [3.63, 3.8) is 0 Å². The van der Waals surface area contributed by atoms with Crippen LogP contribution in [0.4, 0.5) is 11.6 Å². The maximum atomic E-state index is 12.5. The van der Waals surface area contributed by atoms with Crippen molar-refractivity contribution in [1.29, 1.82) is 0 Å². The predicted octanol–water partition coefficient (Wildman–Crippen LogP) is 5.58. The van der Waals surface area contributed by atoms with Gasteiger partial charge in [0.25, 0.3) is 10.0 Å². The molecule has 0 amide bonds. The lowest BCUT2D eigenvalue weighted by atomic mass is 10.1. The van der Waals surface area contributed by atoms with Crippen molar-refractivity contribution in [2.24, 2.45) is 0 Å². The average Bonchev–Trinajstić information content (AvgIpc) is 3.22. The van der Waals surface area contributed by atoms with Crippen molar-refractivity contribution in [3.8, 4) is 10.7 Å². The van der Waals surface area contributed by atoms with E-state index in [0.29, 0.717) is 32.7 Å². The third kappa shape index (κ3) is 6.47. The van der Waals surface area contributed by atoms with Gasteiger partial charge in [-0.15, -0.1) is 17.9 Å². The molecule has 3 heterocycles. The van der Waals surface area contributed by atoms with Crippen molar-refractivity contribution in [1.82, 2.24) is 24.9 Å². The molecule has 0 unspecified atom stereocenters. The third-order valence-corrected chi connectivity index (χ3v) is 8.02. The first kappa shape index (κ1) is 24.6. The van der Waals surface area contributed by atoms with Crippen molar-refractivity contribution in [3.05, 3.63) is 47.2 Å². The maximum absolute atomic E-state index is 12.5. The van der Waals surface area contributed by atoms with Gasteiger partial charge in [0.1, 0.15) is 10.0 Å². The molecular weight excluding hydrogens is 512 g/mol. The van der Waals surface area contributed by atoms with E-state index in [2.05, 4.69) is 52.7 Å². The summed E-state index contributed by atoms with van der Waals surface area (Å²) in [5.41, 5.74) is 0.564. The lowest BCUT2D eigenvalue weighted by Crippen LogP contribution is -2.40. The largest absolute Gasteiger partial charge is 0.322 e. The number of nitrogens with one attached hydrogen (secondary N) is 3. The molecule has 1 saturated carbocycles. The van der Waals surface area contributed by atoms with E-state index in [0.717, 1.165) is 17.0 Å². The number of hydrogen-bond acceptors (Lipinski definition) is 7. The van der Waals surface area contributed by atoms with Crippen molar-refractivity contribution in [2.75, 3.05) is 5.32 Å². The number of nitrogens with zero attached hydrogens (tertiary/aromatic N) is 3. The van der Waals surface area contributed by atoms with Crippen LogP contribution >= 0.6 is 27.3 Å². The van der Waals surface area contributed by atoms with E-state index in [9.17, 15) is 8.42 Å². The maximum Gasteiger partial charge on any atom is 0.250 e. The van der Waals surface area contributed by atoms with E-state index in [1.807, 2.05) is 13.0 Å². The molecule has 8 nitrogen and oxygen atoms in total. The highest BCUT2D eigenvalue weighted by molar-refractivity contribution is 9.10. The molecule has 3 aromatic heterocycles. The minimum absolute atomic E-state index is 0.227. The zero-order chi connectivity index (χ0) is 23.5. The number of aromatic nitrogens is 4. The summed E-state index contributed by atoms with van der Waals surface area (Å²) >= 11 is 4.58. The standard InChI is InChI=1S/C18H21BrN6O2S2.C3H6/c1-18(2,3)25-29(26,27)15-7-6-13(28-15)17-20-9-11(19)16(22-17)21-14-8-12(23-24-14)10-4-5-10;1-3-2/h6-10,25H,4-5H2,1-3H3,(H2,20,21,22,23,24);3H,1H2,2H3. The zero-order valence-corrected chi connectivity index (χ0v) is 21.7. The smallest absolute Gasteiger partial charge is 0.250 e. The molecule has 0 aliphatic heterocycles. The monoisotopic (exact) mass is 538 g/mol. The van der Waals surface area contributed by atoms with Crippen LogP contribution in [0.3, 0.4) is 0 Å². The second-order valence-electron chi connectivity index (χ2n) is 8.38. The Labute approximate surface area is 201 Å². The van der Waals surface area contributed by atoms with Crippen LogP contribution in [0.5, 0.6) is 0 Å². The number of sulfonamides is 1. The summed E-state index contributed by atoms with van der Waals surface area (Å²) in [5.74, 6) is 2.27. The highest BCUT2D eigenvalue weighted by Crippen LogP contribution is 2.40. The Morgan fingerprint density at radius 2 is 2.00 bits per heavy atom. The fourth-order valence-electron chi connectivity index (χ4n) is 2.74. The summed E-state index contributed by atoms with van der Waals surface area (Å²) in [4.78, 5) is 9.55. The summed E-state index contributed by atoms with van der Waals surface area (Å²) in [7, 11) is -3.60. The molecule has 0 bridgehead atoms. The Morgan fingerprint density at radius 1 is 1.31 bits per heavy atom. The van der Waals surface area contributed by atoms with Gasteiger partial charge < -0.3 is 5.32 Å². The molecule has 0 radical (unpaired) electrons. The number of thiophene rings is 1. The SMILES string of the molecule is C=CC.CC(C)(C)NS(=O)(=O)c1ccc(-c2ncc(Br)c(Nc3cc(C4CC4)[nH]n3)n2)s1.